The molecule has 0 bridgehead atoms. The number of hydrogen-bond acceptors (Lipinski definition) is 2. The number of rotatable bonds is 3. The van der Waals surface area contributed by atoms with Crippen molar-refractivity contribution < 1.29 is 0 Å². The van der Waals surface area contributed by atoms with Crippen LogP contribution in [-0.4, -0.2) is 20.6 Å². The van der Waals surface area contributed by atoms with Crippen LogP contribution < -0.4 is 4.72 Å². The van der Waals surface area contributed by atoms with Gasteiger partial charge in [0, 0.05) is 5.75 Å². The maximum Gasteiger partial charge on any atom is 0.102 e. The lowest BCUT2D eigenvalue weighted by molar-refractivity contribution is 1.28. The second kappa shape index (κ2) is 5.37. The van der Waals surface area contributed by atoms with Gasteiger partial charge in [-0.2, -0.15) is 0 Å². The largest absolute Gasteiger partial charge is 0.267 e. The zero-order chi connectivity index (χ0) is 4.83. The minimum atomic E-state index is 1.22. The van der Waals surface area contributed by atoms with Crippen molar-refractivity contribution in [1.82, 2.24) is 4.72 Å². The van der Waals surface area contributed by atoms with E-state index in [4.69, 9.17) is 0 Å². The van der Waals surface area contributed by atoms with Gasteiger partial charge in [0.25, 0.3) is 0 Å². The fourth-order valence-electron chi connectivity index (χ4n) is 0.204. The van der Waals surface area contributed by atoms with Crippen LogP contribution in [0, 0.1) is 0 Å². The molecule has 0 heterocycles. The van der Waals surface area contributed by atoms with Crippen LogP contribution in [0.5, 0.6) is 0 Å². The molecule has 1 N–H and O–H groups in total. The Morgan fingerprint density at radius 2 is 2.50 bits per heavy atom. The molecule has 36 valence electrons. The van der Waals surface area contributed by atoms with Gasteiger partial charge in [-0.3, -0.25) is 4.72 Å². The van der Waals surface area contributed by atoms with Gasteiger partial charge in [0.2, 0.25) is 0 Å². The topological polar surface area (TPSA) is 12.0 Å². The lowest BCUT2D eigenvalue weighted by Gasteiger charge is -1.89. The van der Waals surface area contributed by atoms with Crippen molar-refractivity contribution in [3.8, 4) is 0 Å². The van der Waals surface area contributed by atoms with Gasteiger partial charge in [-0.05, 0) is 7.05 Å². The molecular weight excluding hydrogens is 92.9 g/mol. The van der Waals surface area contributed by atoms with Crippen LogP contribution in [0.3, 0.4) is 0 Å². The first kappa shape index (κ1) is 6.37. The molecule has 0 aromatic heterocycles. The molecule has 0 spiro atoms. The molecule has 0 saturated carbocycles. The van der Waals surface area contributed by atoms with E-state index < -0.39 is 0 Å². The molecular formula is C3H10BNS. The fourth-order valence-corrected chi connectivity index (χ4v) is 0.612. The fraction of sp³-hybridized carbons (Fsp3) is 1.00. The lowest BCUT2D eigenvalue weighted by atomic mass is 10.1. The van der Waals surface area contributed by atoms with E-state index in [9.17, 15) is 0 Å². The van der Waals surface area contributed by atoms with Crippen molar-refractivity contribution in [2.45, 2.75) is 6.32 Å². The van der Waals surface area contributed by atoms with Crippen molar-refractivity contribution in [2.24, 2.45) is 0 Å². The van der Waals surface area contributed by atoms with E-state index in [1.165, 1.54) is 12.1 Å². The molecule has 0 aliphatic rings. The predicted octanol–water partition coefficient (Wildman–Crippen LogP) is -0.0946. The van der Waals surface area contributed by atoms with Gasteiger partial charge >= 0.3 is 0 Å². The highest BCUT2D eigenvalue weighted by atomic mass is 32.2. The molecule has 0 amide bonds. The Balaban J connectivity index is 2.34. The van der Waals surface area contributed by atoms with Gasteiger partial charge in [-0.15, -0.1) is 0 Å². The van der Waals surface area contributed by atoms with Gasteiger partial charge in [0.15, 0.2) is 0 Å². The first-order chi connectivity index (χ1) is 2.91. The van der Waals surface area contributed by atoms with Crippen LogP contribution in [0.4, 0.5) is 0 Å². The van der Waals surface area contributed by atoms with Crippen LogP contribution in [0.15, 0.2) is 0 Å². The quantitative estimate of drug-likeness (QED) is 0.304. The van der Waals surface area contributed by atoms with E-state index in [2.05, 4.69) is 12.6 Å². The average molecular weight is 103 g/mol. The number of hydrogen-bond donors (Lipinski definition) is 1. The third-order valence-corrected chi connectivity index (χ3v) is 1.35. The SMILES string of the molecule is BCCSNC. The second-order valence-electron chi connectivity index (χ2n) is 1.05. The molecule has 1 nitrogen and oxygen atoms in total. The highest BCUT2D eigenvalue weighted by Gasteiger charge is 1.74. The molecule has 0 aliphatic heterocycles. The molecule has 0 unspecified atom stereocenters. The minimum Gasteiger partial charge on any atom is -0.267 e. The van der Waals surface area contributed by atoms with Gasteiger partial charge in [-0.25, -0.2) is 0 Å². The standard InChI is InChI=1S/C3H10BNS/c1-5-6-3-2-4/h5H,2-4H2,1H3. The van der Waals surface area contributed by atoms with Crippen LogP contribution in [-0.2, 0) is 0 Å². The molecule has 3 heteroatoms. The monoisotopic (exact) mass is 103 g/mol. The Kier molecular flexibility index (Phi) is 5.71. The van der Waals surface area contributed by atoms with E-state index in [0.29, 0.717) is 0 Å². The van der Waals surface area contributed by atoms with Crippen molar-refractivity contribution in [3.05, 3.63) is 0 Å². The Morgan fingerprint density at radius 3 is 2.67 bits per heavy atom. The van der Waals surface area contributed by atoms with Crippen LogP contribution in [0.2, 0.25) is 6.32 Å². The average Bonchev–Trinajstić information content (AvgIpc) is 1.61. The summed E-state index contributed by atoms with van der Waals surface area (Å²) in [6.45, 7) is 0. The smallest absolute Gasteiger partial charge is 0.102 e. The zero-order valence-corrected chi connectivity index (χ0v) is 5.14. The van der Waals surface area contributed by atoms with Gasteiger partial charge in [0.05, 0.1) is 0 Å². The number of nitrogens with one attached hydrogen (secondary N) is 1. The minimum absolute atomic E-state index is 1.22. The van der Waals surface area contributed by atoms with Crippen LogP contribution >= 0.6 is 11.9 Å². The van der Waals surface area contributed by atoms with E-state index in [-0.39, 0.29) is 0 Å². The Bertz CT molecular complexity index is 22.8. The molecule has 0 aromatic rings. The molecule has 0 rings (SSSR count). The normalized spacial score (nSPS) is 8.83. The van der Waals surface area contributed by atoms with Crippen molar-refractivity contribution in [3.63, 3.8) is 0 Å². The maximum atomic E-state index is 2.99. The third kappa shape index (κ3) is 4.37. The highest BCUT2D eigenvalue weighted by Crippen LogP contribution is 1.90. The highest BCUT2D eigenvalue weighted by molar-refractivity contribution is 7.97. The predicted molar refractivity (Wildman–Crippen MR) is 34.9 cm³/mol. The van der Waals surface area contributed by atoms with E-state index in [1.54, 1.807) is 11.9 Å². The zero-order valence-electron chi connectivity index (χ0n) is 4.32. The summed E-state index contributed by atoms with van der Waals surface area (Å²) >= 11 is 1.76. The van der Waals surface area contributed by atoms with E-state index in [1.807, 2.05) is 7.05 Å². The van der Waals surface area contributed by atoms with Gasteiger partial charge < -0.3 is 0 Å². The first-order valence-corrected chi connectivity index (χ1v) is 3.19. The van der Waals surface area contributed by atoms with Crippen molar-refractivity contribution >= 4 is 19.8 Å². The van der Waals surface area contributed by atoms with E-state index in [0.717, 1.165) is 0 Å². The second-order valence-corrected chi connectivity index (χ2v) is 2.16. The first-order valence-electron chi connectivity index (χ1n) is 2.20. The Morgan fingerprint density at radius 1 is 1.83 bits per heavy atom. The molecule has 6 heavy (non-hydrogen) atoms. The summed E-state index contributed by atoms with van der Waals surface area (Å²) in [5, 5.41) is 0. The maximum absolute atomic E-state index is 2.99. The third-order valence-electron chi connectivity index (χ3n) is 0.451. The summed E-state index contributed by atoms with van der Waals surface area (Å²) in [7, 11) is 4.12. The summed E-state index contributed by atoms with van der Waals surface area (Å²) in [5.74, 6) is 1.22. The molecule has 0 aliphatic carbocycles. The van der Waals surface area contributed by atoms with Gasteiger partial charge in [0.1, 0.15) is 7.85 Å². The molecule has 0 saturated heterocycles. The molecule has 0 fully saturated rings. The summed E-state index contributed by atoms with van der Waals surface area (Å²) < 4.78 is 2.99. The van der Waals surface area contributed by atoms with Gasteiger partial charge in [-0.1, -0.05) is 18.3 Å². The Hall–Kier alpha value is 0.375. The Labute approximate surface area is 44.4 Å². The summed E-state index contributed by atoms with van der Waals surface area (Å²) in [4.78, 5) is 0. The molecule has 0 aromatic carbocycles. The van der Waals surface area contributed by atoms with Crippen molar-refractivity contribution in [2.75, 3.05) is 12.8 Å². The summed E-state index contributed by atoms with van der Waals surface area (Å²) in [6.07, 6.45) is 1.26. The van der Waals surface area contributed by atoms with E-state index >= 15 is 0 Å². The lowest BCUT2D eigenvalue weighted by Crippen LogP contribution is -1.92. The van der Waals surface area contributed by atoms with Crippen LogP contribution in [0.25, 0.3) is 0 Å². The van der Waals surface area contributed by atoms with Crippen molar-refractivity contribution in [1.29, 1.82) is 0 Å². The summed E-state index contributed by atoms with van der Waals surface area (Å²) in [5.41, 5.74) is 0. The molecule has 0 atom stereocenters. The van der Waals surface area contributed by atoms with Crippen LogP contribution in [0.1, 0.15) is 0 Å². The summed E-state index contributed by atoms with van der Waals surface area (Å²) in [6, 6.07) is 0. The molecule has 0 radical (unpaired) electrons.